The second-order valence-electron chi connectivity index (χ2n) is 4.87. The lowest BCUT2D eigenvalue weighted by atomic mass is 10.2. The molecule has 104 valence electrons. The number of halogens is 1. The Morgan fingerprint density at radius 2 is 2.11 bits per heavy atom. The summed E-state index contributed by atoms with van der Waals surface area (Å²) >= 11 is 5.86. The molecule has 0 fully saturated rings. The zero-order chi connectivity index (χ0) is 14.6. The van der Waals surface area contributed by atoms with Crippen molar-refractivity contribution in [2.45, 2.75) is 26.4 Å². The van der Waals surface area contributed by atoms with Crippen molar-refractivity contribution in [3.63, 3.8) is 0 Å². The number of nitro benzene ring substituents is 1. The van der Waals surface area contributed by atoms with Crippen molar-refractivity contribution in [2.75, 3.05) is 11.9 Å². The fourth-order valence-corrected chi connectivity index (χ4v) is 1.36. The smallest absolute Gasteiger partial charge is 0.271 e. The minimum absolute atomic E-state index is 0.142. The largest absolute Gasteiger partial charge is 0.366 e. The predicted molar refractivity (Wildman–Crippen MR) is 72.4 cm³/mol. The van der Waals surface area contributed by atoms with Gasteiger partial charge in [0.1, 0.15) is 6.61 Å². The molecule has 0 aromatic heterocycles. The van der Waals surface area contributed by atoms with Crippen LogP contribution in [0.25, 0.3) is 0 Å². The monoisotopic (exact) mass is 286 g/mol. The molecule has 0 bridgehead atoms. The highest BCUT2D eigenvalue weighted by Crippen LogP contribution is 2.26. The first-order valence-electron chi connectivity index (χ1n) is 5.57. The van der Waals surface area contributed by atoms with Gasteiger partial charge in [0.15, 0.2) is 0 Å². The van der Waals surface area contributed by atoms with Gasteiger partial charge in [0.2, 0.25) is 5.91 Å². The fraction of sp³-hybridized carbons (Fsp3) is 0.417. The van der Waals surface area contributed by atoms with E-state index in [1.165, 1.54) is 18.2 Å². The Morgan fingerprint density at radius 1 is 1.47 bits per heavy atom. The normalized spacial score (nSPS) is 11.2. The van der Waals surface area contributed by atoms with E-state index < -0.39 is 16.4 Å². The van der Waals surface area contributed by atoms with Gasteiger partial charge in [-0.05, 0) is 26.8 Å². The van der Waals surface area contributed by atoms with Crippen molar-refractivity contribution < 1.29 is 14.5 Å². The van der Waals surface area contributed by atoms with Crippen molar-refractivity contribution in [3.8, 4) is 0 Å². The first kappa shape index (κ1) is 15.4. The van der Waals surface area contributed by atoms with Crippen LogP contribution in [0.4, 0.5) is 11.4 Å². The van der Waals surface area contributed by atoms with E-state index in [9.17, 15) is 14.9 Å². The van der Waals surface area contributed by atoms with Crippen molar-refractivity contribution in [1.82, 2.24) is 0 Å². The molecule has 0 atom stereocenters. The summed E-state index contributed by atoms with van der Waals surface area (Å²) in [5.41, 5.74) is -0.390. The molecule has 6 nitrogen and oxygen atoms in total. The van der Waals surface area contributed by atoms with E-state index in [-0.39, 0.29) is 23.0 Å². The molecule has 0 aliphatic heterocycles. The lowest BCUT2D eigenvalue weighted by Crippen LogP contribution is -2.27. The maximum atomic E-state index is 11.6. The minimum Gasteiger partial charge on any atom is -0.366 e. The van der Waals surface area contributed by atoms with E-state index in [4.69, 9.17) is 16.3 Å². The molecule has 7 heteroatoms. The number of non-ortho nitro benzene ring substituents is 1. The number of hydrogen-bond donors (Lipinski definition) is 1. The number of rotatable bonds is 4. The molecule has 1 aromatic rings. The summed E-state index contributed by atoms with van der Waals surface area (Å²) in [5, 5.41) is 13.3. The van der Waals surface area contributed by atoms with Gasteiger partial charge in [0.25, 0.3) is 5.69 Å². The number of ether oxygens (including phenoxy) is 1. The molecule has 19 heavy (non-hydrogen) atoms. The average molecular weight is 287 g/mol. The molecule has 1 aromatic carbocycles. The Bertz CT molecular complexity index is 497. The number of nitrogens with zero attached hydrogens (tertiary/aromatic N) is 1. The van der Waals surface area contributed by atoms with Crippen LogP contribution in [0.2, 0.25) is 5.02 Å². The summed E-state index contributed by atoms with van der Waals surface area (Å²) in [6.07, 6.45) is 0. The molecule has 0 saturated carbocycles. The maximum Gasteiger partial charge on any atom is 0.271 e. The topological polar surface area (TPSA) is 81.5 Å². The van der Waals surface area contributed by atoms with Crippen LogP contribution in [-0.2, 0) is 9.53 Å². The molecular weight excluding hydrogens is 272 g/mol. The number of hydrogen-bond acceptors (Lipinski definition) is 4. The number of nitrogens with one attached hydrogen (secondary N) is 1. The van der Waals surface area contributed by atoms with Gasteiger partial charge in [-0.25, -0.2) is 0 Å². The molecule has 0 aliphatic rings. The first-order chi connectivity index (χ1) is 8.69. The third kappa shape index (κ3) is 5.23. The van der Waals surface area contributed by atoms with Crippen LogP contribution in [0.5, 0.6) is 0 Å². The summed E-state index contributed by atoms with van der Waals surface area (Å²) in [6.45, 7) is 5.31. The number of carbonyl (C=O) groups excluding carboxylic acids is 1. The van der Waals surface area contributed by atoms with Crippen LogP contribution >= 0.6 is 11.6 Å². The molecule has 1 amide bonds. The fourth-order valence-electron chi connectivity index (χ4n) is 1.19. The zero-order valence-electron chi connectivity index (χ0n) is 10.9. The quantitative estimate of drug-likeness (QED) is 0.681. The molecule has 1 rings (SSSR count). The highest BCUT2D eigenvalue weighted by molar-refractivity contribution is 6.33. The Morgan fingerprint density at radius 3 is 2.63 bits per heavy atom. The molecule has 1 N–H and O–H groups in total. The molecular formula is C12H15ClN2O4. The van der Waals surface area contributed by atoms with Gasteiger partial charge >= 0.3 is 0 Å². The first-order valence-corrected chi connectivity index (χ1v) is 5.94. The Hall–Kier alpha value is -1.66. The second kappa shape index (κ2) is 5.99. The van der Waals surface area contributed by atoms with E-state index in [1.807, 2.05) is 20.8 Å². The third-order valence-corrected chi connectivity index (χ3v) is 2.40. The molecule has 0 aliphatic carbocycles. The van der Waals surface area contributed by atoms with Gasteiger partial charge in [-0.15, -0.1) is 0 Å². The average Bonchev–Trinajstić information content (AvgIpc) is 2.28. The minimum atomic E-state index is -0.558. The lowest BCUT2D eigenvalue weighted by molar-refractivity contribution is -0.384. The van der Waals surface area contributed by atoms with Crippen molar-refractivity contribution in [3.05, 3.63) is 33.3 Å². The summed E-state index contributed by atoms with van der Waals surface area (Å²) in [5.74, 6) is -0.419. The van der Waals surface area contributed by atoms with Gasteiger partial charge in [0, 0.05) is 12.1 Å². The number of nitro groups is 1. The van der Waals surface area contributed by atoms with E-state index in [0.29, 0.717) is 0 Å². The van der Waals surface area contributed by atoms with E-state index in [2.05, 4.69) is 5.32 Å². The van der Waals surface area contributed by atoms with Crippen molar-refractivity contribution >= 4 is 28.9 Å². The molecule has 0 unspecified atom stereocenters. The Labute approximate surface area is 115 Å². The summed E-state index contributed by atoms with van der Waals surface area (Å²) in [7, 11) is 0. The highest BCUT2D eigenvalue weighted by atomic mass is 35.5. The van der Waals surface area contributed by atoms with Crippen LogP contribution < -0.4 is 5.32 Å². The van der Waals surface area contributed by atoms with Gasteiger partial charge in [-0.1, -0.05) is 11.6 Å². The summed E-state index contributed by atoms with van der Waals surface area (Å²) in [6, 6.07) is 3.83. The Kier molecular flexibility index (Phi) is 4.85. The lowest BCUT2D eigenvalue weighted by Gasteiger charge is -2.19. The zero-order valence-corrected chi connectivity index (χ0v) is 11.7. The number of amides is 1. The number of anilines is 1. The van der Waals surface area contributed by atoms with Gasteiger partial charge < -0.3 is 10.1 Å². The Balaban J connectivity index is 2.73. The standard InChI is InChI=1S/C12H15ClN2O4/c1-12(2,3)19-7-11(16)14-10-6-8(15(17)18)4-5-9(10)13/h4-6H,7H2,1-3H3,(H,14,16). The summed E-state index contributed by atoms with van der Waals surface area (Å²) in [4.78, 5) is 21.7. The van der Waals surface area contributed by atoms with Crippen LogP contribution in [0, 0.1) is 10.1 Å². The van der Waals surface area contributed by atoms with Gasteiger partial charge in [-0.2, -0.15) is 0 Å². The predicted octanol–water partition coefficient (Wildman–Crippen LogP) is 3.00. The molecule has 0 heterocycles. The van der Waals surface area contributed by atoms with Crippen molar-refractivity contribution in [2.24, 2.45) is 0 Å². The van der Waals surface area contributed by atoms with E-state index >= 15 is 0 Å². The van der Waals surface area contributed by atoms with Crippen LogP contribution in [0.3, 0.4) is 0 Å². The van der Waals surface area contributed by atoms with Crippen LogP contribution in [-0.4, -0.2) is 23.0 Å². The summed E-state index contributed by atoms with van der Waals surface area (Å²) < 4.78 is 5.29. The molecule has 0 saturated heterocycles. The molecule has 0 spiro atoms. The van der Waals surface area contributed by atoms with E-state index in [0.717, 1.165) is 0 Å². The van der Waals surface area contributed by atoms with Gasteiger partial charge in [0.05, 0.1) is 21.2 Å². The third-order valence-electron chi connectivity index (χ3n) is 2.07. The van der Waals surface area contributed by atoms with Gasteiger partial charge in [-0.3, -0.25) is 14.9 Å². The van der Waals surface area contributed by atoms with Crippen molar-refractivity contribution in [1.29, 1.82) is 0 Å². The highest BCUT2D eigenvalue weighted by Gasteiger charge is 2.15. The maximum absolute atomic E-state index is 11.6. The molecule has 0 radical (unpaired) electrons. The SMILES string of the molecule is CC(C)(C)OCC(=O)Nc1cc([N+](=O)[O-])ccc1Cl. The second-order valence-corrected chi connectivity index (χ2v) is 5.28. The number of benzene rings is 1. The van der Waals surface area contributed by atoms with Crippen LogP contribution in [0.15, 0.2) is 18.2 Å². The van der Waals surface area contributed by atoms with E-state index in [1.54, 1.807) is 0 Å². The number of carbonyl (C=O) groups is 1. The van der Waals surface area contributed by atoms with Crippen LogP contribution in [0.1, 0.15) is 20.8 Å².